The van der Waals surface area contributed by atoms with Gasteiger partial charge in [-0.25, -0.2) is 0 Å². The van der Waals surface area contributed by atoms with Crippen LogP contribution in [0.1, 0.15) is 13.8 Å². The molecule has 3 unspecified atom stereocenters. The van der Waals surface area contributed by atoms with Gasteiger partial charge >= 0.3 is 0 Å². The van der Waals surface area contributed by atoms with Crippen molar-refractivity contribution < 1.29 is 19.5 Å². The number of methoxy groups -OCH3 is 2. The Morgan fingerprint density at radius 2 is 2.12 bits per heavy atom. The van der Waals surface area contributed by atoms with Crippen molar-refractivity contribution in [2.45, 2.75) is 26.1 Å². The van der Waals surface area contributed by atoms with Crippen molar-refractivity contribution in [2.75, 3.05) is 14.2 Å². The summed E-state index contributed by atoms with van der Waals surface area (Å²) in [5, 5.41) is 20.6. The molecule has 1 rings (SSSR count). The molecule has 0 radical (unpaired) electrons. The fraction of sp³-hybridized carbons (Fsp3) is 0.636. The van der Waals surface area contributed by atoms with Crippen molar-refractivity contribution in [2.24, 2.45) is 5.92 Å². The molecule has 0 aromatic carbocycles. The van der Waals surface area contributed by atoms with Crippen LogP contribution in [0.2, 0.25) is 0 Å². The molecule has 0 bridgehead atoms. The van der Waals surface area contributed by atoms with Gasteiger partial charge in [0.05, 0.1) is 29.6 Å². The first kappa shape index (κ1) is 13.7. The number of nitro groups is 1. The first-order valence-electron chi connectivity index (χ1n) is 5.28. The molecule has 1 aliphatic rings. The monoisotopic (exact) mass is 243 g/mol. The molecule has 1 N–H and O–H groups in total. The summed E-state index contributed by atoms with van der Waals surface area (Å²) in [6.07, 6.45) is 0.0699. The van der Waals surface area contributed by atoms with Crippen LogP contribution in [0.15, 0.2) is 23.1 Å². The molecule has 6 nitrogen and oxygen atoms in total. The summed E-state index contributed by atoms with van der Waals surface area (Å²) >= 11 is 0. The minimum Gasteiger partial charge on any atom is -0.498 e. The zero-order valence-corrected chi connectivity index (χ0v) is 10.3. The quantitative estimate of drug-likeness (QED) is 0.590. The number of hydrogen-bond donors (Lipinski definition) is 1. The third-order valence-corrected chi connectivity index (χ3v) is 2.90. The molecule has 1 aliphatic carbocycles. The second kappa shape index (κ2) is 5.29. The molecule has 0 fully saturated rings. The number of ether oxygens (including phenoxy) is 2. The number of aliphatic hydroxyl groups excluding tert-OH is 1. The van der Waals surface area contributed by atoms with E-state index >= 15 is 0 Å². The Balaban J connectivity index is 3.32. The fourth-order valence-electron chi connectivity index (χ4n) is 2.06. The highest BCUT2D eigenvalue weighted by Crippen LogP contribution is 2.33. The fourth-order valence-corrected chi connectivity index (χ4v) is 2.06. The van der Waals surface area contributed by atoms with Crippen LogP contribution in [0.3, 0.4) is 0 Å². The number of rotatable bonds is 4. The van der Waals surface area contributed by atoms with E-state index in [9.17, 15) is 15.2 Å². The zero-order valence-electron chi connectivity index (χ0n) is 10.3. The topological polar surface area (TPSA) is 81.8 Å². The third-order valence-electron chi connectivity index (χ3n) is 2.90. The van der Waals surface area contributed by atoms with Crippen LogP contribution in [0.5, 0.6) is 0 Å². The Labute approximate surface area is 99.7 Å². The van der Waals surface area contributed by atoms with Crippen molar-refractivity contribution in [1.82, 2.24) is 0 Å². The van der Waals surface area contributed by atoms with Crippen LogP contribution >= 0.6 is 0 Å². The molecule has 6 heteroatoms. The molecule has 0 aromatic rings. The van der Waals surface area contributed by atoms with E-state index in [1.807, 2.05) is 0 Å². The smallest absolute Gasteiger partial charge is 0.257 e. The minimum atomic E-state index is -0.916. The van der Waals surface area contributed by atoms with Crippen molar-refractivity contribution in [3.05, 3.63) is 33.2 Å². The molecular weight excluding hydrogens is 226 g/mol. The minimum absolute atomic E-state index is 0.0207. The van der Waals surface area contributed by atoms with Gasteiger partial charge in [-0.1, -0.05) is 0 Å². The molecule has 0 aliphatic heterocycles. The van der Waals surface area contributed by atoms with E-state index in [4.69, 9.17) is 9.47 Å². The Kier molecular flexibility index (Phi) is 4.25. The second-order valence-corrected chi connectivity index (χ2v) is 3.97. The van der Waals surface area contributed by atoms with Crippen molar-refractivity contribution in [1.29, 1.82) is 0 Å². The Bertz CT molecular complexity index is 372. The summed E-state index contributed by atoms with van der Waals surface area (Å²) in [4.78, 5) is 10.6. The molecule has 0 heterocycles. The lowest BCUT2D eigenvalue weighted by molar-refractivity contribution is -0.437. The van der Waals surface area contributed by atoms with E-state index in [0.29, 0.717) is 5.76 Å². The molecule has 0 saturated carbocycles. The van der Waals surface area contributed by atoms with Gasteiger partial charge in [-0.05, 0) is 19.9 Å². The van der Waals surface area contributed by atoms with Gasteiger partial charge in [0.2, 0.25) is 0 Å². The van der Waals surface area contributed by atoms with Gasteiger partial charge in [0.1, 0.15) is 11.9 Å². The summed E-state index contributed by atoms with van der Waals surface area (Å²) < 4.78 is 10.3. The molecule has 0 spiro atoms. The van der Waals surface area contributed by atoms with E-state index < -0.39 is 23.0 Å². The van der Waals surface area contributed by atoms with Gasteiger partial charge < -0.3 is 14.6 Å². The summed E-state index contributed by atoms with van der Waals surface area (Å²) in [6.45, 7) is 3.17. The Morgan fingerprint density at radius 1 is 1.53 bits per heavy atom. The SMILES string of the molecule is COC1=CC(C(C)O)=C([N+](=O)[O-])C(C)C1OC. The predicted molar refractivity (Wildman–Crippen MR) is 60.8 cm³/mol. The average molecular weight is 243 g/mol. The van der Waals surface area contributed by atoms with E-state index in [1.165, 1.54) is 27.2 Å². The number of nitrogens with zero attached hydrogens (tertiary/aromatic N) is 1. The van der Waals surface area contributed by atoms with E-state index in [0.717, 1.165) is 0 Å². The first-order chi connectivity index (χ1) is 7.93. The van der Waals surface area contributed by atoms with Gasteiger partial charge in [0, 0.05) is 7.11 Å². The molecule has 3 atom stereocenters. The standard InChI is InChI=1S/C11H17NO5/c1-6-10(12(14)15)8(7(2)13)5-9(16-3)11(6)17-4/h5-7,11,13H,1-4H3. The lowest BCUT2D eigenvalue weighted by Gasteiger charge is -2.28. The highest BCUT2D eigenvalue weighted by Gasteiger charge is 2.39. The van der Waals surface area contributed by atoms with Crippen LogP contribution < -0.4 is 0 Å². The number of aliphatic hydroxyl groups is 1. The van der Waals surface area contributed by atoms with Crippen molar-refractivity contribution in [3.63, 3.8) is 0 Å². The summed E-state index contributed by atoms with van der Waals surface area (Å²) in [5.41, 5.74) is 0.250. The molecule has 0 saturated heterocycles. The zero-order chi connectivity index (χ0) is 13.2. The van der Waals surface area contributed by atoms with Crippen LogP contribution in [0.25, 0.3) is 0 Å². The summed E-state index contributed by atoms with van der Waals surface area (Å²) in [6, 6.07) is 0. The molecule has 0 aromatic heterocycles. The highest BCUT2D eigenvalue weighted by atomic mass is 16.6. The molecule has 96 valence electrons. The predicted octanol–water partition coefficient (Wildman–Crippen LogP) is 1.09. The lowest BCUT2D eigenvalue weighted by atomic mass is 9.88. The molecule has 0 amide bonds. The maximum Gasteiger partial charge on any atom is 0.257 e. The van der Waals surface area contributed by atoms with Crippen LogP contribution in [-0.2, 0) is 9.47 Å². The largest absolute Gasteiger partial charge is 0.498 e. The van der Waals surface area contributed by atoms with Crippen molar-refractivity contribution >= 4 is 0 Å². The van der Waals surface area contributed by atoms with E-state index in [-0.39, 0.29) is 11.3 Å². The maximum atomic E-state index is 11.0. The van der Waals surface area contributed by atoms with E-state index in [2.05, 4.69) is 0 Å². The molecular formula is C11H17NO5. The normalized spacial score (nSPS) is 26.5. The lowest BCUT2D eigenvalue weighted by Crippen LogP contribution is -2.33. The van der Waals surface area contributed by atoms with Gasteiger partial charge in [-0.3, -0.25) is 10.1 Å². The second-order valence-electron chi connectivity index (χ2n) is 3.97. The van der Waals surface area contributed by atoms with Gasteiger partial charge in [-0.2, -0.15) is 0 Å². The third kappa shape index (κ3) is 2.48. The summed E-state index contributed by atoms with van der Waals surface area (Å²) in [5.74, 6) is 0.0149. The Morgan fingerprint density at radius 3 is 2.47 bits per heavy atom. The van der Waals surface area contributed by atoms with Crippen LogP contribution in [0.4, 0.5) is 0 Å². The maximum absolute atomic E-state index is 11.0. The van der Waals surface area contributed by atoms with E-state index in [1.54, 1.807) is 6.92 Å². The van der Waals surface area contributed by atoms with Gasteiger partial charge in [0.15, 0.2) is 0 Å². The number of hydrogen-bond acceptors (Lipinski definition) is 5. The highest BCUT2D eigenvalue weighted by molar-refractivity contribution is 5.35. The van der Waals surface area contributed by atoms with Gasteiger partial charge in [0.25, 0.3) is 5.70 Å². The van der Waals surface area contributed by atoms with Crippen LogP contribution in [0, 0.1) is 16.0 Å². The Hall–Kier alpha value is -1.40. The van der Waals surface area contributed by atoms with Gasteiger partial charge in [-0.15, -0.1) is 0 Å². The first-order valence-corrected chi connectivity index (χ1v) is 5.28. The van der Waals surface area contributed by atoms with Crippen LogP contribution in [-0.4, -0.2) is 36.5 Å². The average Bonchev–Trinajstić information content (AvgIpc) is 2.26. The van der Waals surface area contributed by atoms with Crippen molar-refractivity contribution in [3.8, 4) is 0 Å². The summed E-state index contributed by atoms with van der Waals surface area (Å²) in [7, 11) is 2.94. The molecule has 17 heavy (non-hydrogen) atoms.